The number of carboxylic acids is 1. The molecule has 0 unspecified atom stereocenters. The molecule has 2 atom stereocenters. The lowest BCUT2D eigenvalue weighted by atomic mass is 9.58. The molecule has 3 N–H and O–H groups in total. The minimum Gasteiger partial charge on any atom is -0.481 e. The number of carbonyl (C=O) groups excluding carboxylic acids is 2. The molecule has 4 saturated carbocycles. The lowest BCUT2D eigenvalue weighted by molar-refractivity contribution is -0.156. The molecule has 4 fully saturated rings. The van der Waals surface area contributed by atoms with E-state index in [-0.39, 0.29) is 29.7 Å². The highest BCUT2D eigenvalue weighted by Gasteiger charge is 2.50. The van der Waals surface area contributed by atoms with E-state index in [2.05, 4.69) is 10.6 Å². The summed E-state index contributed by atoms with van der Waals surface area (Å²) in [5.74, 6) is -2.32. The Hall–Kier alpha value is -2.67. The molecular weight excluding hydrogens is 412 g/mol. The Labute approximate surface area is 185 Å². The van der Waals surface area contributed by atoms with Crippen molar-refractivity contribution in [1.82, 2.24) is 5.32 Å². The van der Waals surface area contributed by atoms with Gasteiger partial charge in [-0.3, -0.25) is 14.4 Å². The summed E-state index contributed by atoms with van der Waals surface area (Å²) >= 11 is 1.33. The summed E-state index contributed by atoms with van der Waals surface area (Å²) in [6.07, 6.45) is 5.53. The molecule has 7 heteroatoms. The van der Waals surface area contributed by atoms with Crippen LogP contribution in [0.2, 0.25) is 0 Å². The number of hydrogen-bond donors (Lipinski definition) is 3. The van der Waals surface area contributed by atoms with Gasteiger partial charge in [-0.05, 0) is 55.9 Å². The van der Waals surface area contributed by atoms with Crippen molar-refractivity contribution >= 4 is 34.1 Å². The number of thiophene rings is 1. The molecule has 4 aliphatic rings. The maximum atomic E-state index is 13.3. The first kappa shape index (κ1) is 20.2. The van der Waals surface area contributed by atoms with Gasteiger partial charge in [-0.1, -0.05) is 30.3 Å². The van der Waals surface area contributed by atoms with E-state index in [4.69, 9.17) is 0 Å². The van der Waals surface area contributed by atoms with Crippen LogP contribution in [0.3, 0.4) is 0 Å². The highest BCUT2D eigenvalue weighted by molar-refractivity contribution is 7.15. The predicted octanol–water partition coefficient (Wildman–Crippen LogP) is 4.38. The Morgan fingerprint density at radius 3 is 2.16 bits per heavy atom. The number of anilines is 1. The van der Waals surface area contributed by atoms with Crippen LogP contribution in [0.5, 0.6) is 0 Å². The number of carbonyl (C=O) groups is 3. The van der Waals surface area contributed by atoms with Crippen LogP contribution in [0.4, 0.5) is 5.00 Å². The molecule has 4 aliphatic carbocycles. The molecule has 0 radical (unpaired) electrons. The maximum absolute atomic E-state index is 13.3. The predicted molar refractivity (Wildman–Crippen MR) is 119 cm³/mol. The van der Waals surface area contributed by atoms with E-state index in [0.717, 1.165) is 49.7 Å². The fourth-order valence-corrected chi connectivity index (χ4v) is 6.34. The number of fused-ring (bicyclic) bond motifs is 3. The molecule has 2 amide bonds. The fraction of sp³-hybridized carbons (Fsp3) is 0.458. The van der Waals surface area contributed by atoms with E-state index in [9.17, 15) is 19.5 Å². The molecule has 1 aromatic heterocycles. The number of nitrogens with one attached hydrogen (secondary N) is 2. The summed E-state index contributed by atoms with van der Waals surface area (Å²) in [6, 6.07) is 9.86. The van der Waals surface area contributed by atoms with Gasteiger partial charge in [-0.25, -0.2) is 0 Å². The van der Waals surface area contributed by atoms with Crippen molar-refractivity contribution in [2.24, 2.45) is 23.7 Å². The Kier molecular flexibility index (Phi) is 5.30. The lowest BCUT2D eigenvalue weighted by Gasteiger charge is -2.45. The van der Waals surface area contributed by atoms with Crippen LogP contribution in [0.1, 0.15) is 48.9 Å². The summed E-state index contributed by atoms with van der Waals surface area (Å²) in [5.41, 5.74) is 2.18. The second-order valence-electron chi connectivity index (χ2n) is 9.02. The van der Waals surface area contributed by atoms with E-state index in [1.54, 1.807) is 0 Å². The molecule has 162 valence electrons. The van der Waals surface area contributed by atoms with Crippen molar-refractivity contribution in [1.29, 1.82) is 0 Å². The minimum atomic E-state index is -0.877. The average molecular weight is 439 g/mol. The lowest BCUT2D eigenvalue weighted by Crippen LogP contribution is -2.49. The first-order valence-corrected chi connectivity index (χ1v) is 11.9. The average Bonchev–Trinajstić information content (AvgIpc) is 3.50. The molecular formula is C24H26N2O4S. The van der Waals surface area contributed by atoms with Crippen molar-refractivity contribution in [3.05, 3.63) is 41.3 Å². The van der Waals surface area contributed by atoms with Gasteiger partial charge in [0.2, 0.25) is 5.91 Å². The number of rotatable bonds is 6. The Bertz CT molecular complexity index is 1010. The Morgan fingerprint density at radius 1 is 0.903 bits per heavy atom. The summed E-state index contributed by atoms with van der Waals surface area (Å²) in [4.78, 5) is 38.4. The van der Waals surface area contributed by atoms with Gasteiger partial charge in [-0.2, -0.15) is 0 Å². The Balaban J connectivity index is 1.45. The third-order valence-electron chi connectivity index (χ3n) is 7.06. The van der Waals surface area contributed by atoms with Crippen LogP contribution in [0, 0.1) is 23.7 Å². The highest BCUT2D eigenvalue weighted by atomic mass is 32.1. The third kappa shape index (κ3) is 3.87. The maximum Gasteiger partial charge on any atom is 0.307 e. The largest absolute Gasteiger partial charge is 0.481 e. The topological polar surface area (TPSA) is 95.5 Å². The minimum absolute atomic E-state index is 0.0686. The first-order valence-electron chi connectivity index (χ1n) is 11.0. The second kappa shape index (κ2) is 8.11. The summed E-state index contributed by atoms with van der Waals surface area (Å²) in [6.45, 7) is 0. The van der Waals surface area contributed by atoms with Crippen molar-refractivity contribution in [2.75, 3.05) is 5.32 Å². The number of aliphatic carboxylic acids is 1. The fourth-order valence-electron chi connectivity index (χ4n) is 5.37. The normalized spacial score (nSPS) is 27.0. The van der Waals surface area contributed by atoms with Gasteiger partial charge in [0, 0.05) is 17.0 Å². The van der Waals surface area contributed by atoms with Crippen LogP contribution in [-0.4, -0.2) is 28.9 Å². The van der Waals surface area contributed by atoms with Gasteiger partial charge in [-0.15, -0.1) is 11.3 Å². The van der Waals surface area contributed by atoms with Crippen molar-refractivity contribution in [3.63, 3.8) is 0 Å². The van der Waals surface area contributed by atoms with Crippen molar-refractivity contribution in [2.45, 2.75) is 44.6 Å². The van der Waals surface area contributed by atoms with Gasteiger partial charge in [0.05, 0.1) is 17.4 Å². The molecule has 31 heavy (non-hydrogen) atoms. The molecule has 6 nitrogen and oxygen atoms in total. The molecule has 2 aromatic rings. The molecule has 0 saturated heterocycles. The van der Waals surface area contributed by atoms with Crippen LogP contribution < -0.4 is 10.6 Å². The monoisotopic (exact) mass is 438 g/mol. The van der Waals surface area contributed by atoms with Gasteiger partial charge in [0.1, 0.15) is 5.00 Å². The number of benzene rings is 1. The van der Waals surface area contributed by atoms with E-state index < -0.39 is 17.8 Å². The van der Waals surface area contributed by atoms with Crippen molar-refractivity contribution in [3.8, 4) is 11.1 Å². The van der Waals surface area contributed by atoms with Crippen LogP contribution >= 0.6 is 11.3 Å². The number of hydrogen-bond acceptors (Lipinski definition) is 4. The highest BCUT2D eigenvalue weighted by Crippen LogP contribution is 2.49. The molecule has 0 aliphatic heterocycles. The van der Waals surface area contributed by atoms with E-state index in [1.807, 2.05) is 35.7 Å². The number of carboxylic acid groups (broad SMARTS) is 1. The number of amides is 2. The van der Waals surface area contributed by atoms with Gasteiger partial charge in [0.25, 0.3) is 5.91 Å². The van der Waals surface area contributed by atoms with Gasteiger partial charge < -0.3 is 15.7 Å². The smallest absolute Gasteiger partial charge is 0.307 e. The van der Waals surface area contributed by atoms with E-state index >= 15 is 0 Å². The zero-order valence-corrected chi connectivity index (χ0v) is 18.0. The molecule has 1 aromatic carbocycles. The van der Waals surface area contributed by atoms with E-state index in [1.165, 1.54) is 11.3 Å². The van der Waals surface area contributed by atoms with E-state index in [0.29, 0.717) is 10.6 Å². The molecule has 2 bridgehead atoms. The molecule has 0 spiro atoms. The third-order valence-corrected chi connectivity index (χ3v) is 7.95. The summed E-state index contributed by atoms with van der Waals surface area (Å²) in [5, 5.41) is 18.2. The standard InChI is InChI=1S/C24H26N2O4S/c27-21(18-14-6-8-15(9-7-14)19(18)24(29)30)26-23-20(22(28)25-16-10-11-16)17(12-31-23)13-4-2-1-3-5-13/h1-5,12,14-16,18-19H,6-11H2,(H,25,28)(H,26,27)(H,29,30)/t14?,15?,18-,19+/m1/s1. The molecule has 1 heterocycles. The first-order chi connectivity index (χ1) is 15.0. The van der Waals surface area contributed by atoms with Gasteiger partial charge in [0.15, 0.2) is 0 Å². The SMILES string of the molecule is O=C(NC1CC1)c1c(-c2ccccc2)csc1NC(=O)[C@@H]1C2CCC(CC2)[C@@H]1C(=O)O. The van der Waals surface area contributed by atoms with Crippen molar-refractivity contribution < 1.29 is 19.5 Å². The zero-order valence-electron chi connectivity index (χ0n) is 17.2. The Morgan fingerprint density at radius 2 is 1.55 bits per heavy atom. The van der Waals surface area contributed by atoms with Crippen LogP contribution in [-0.2, 0) is 9.59 Å². The quantitative estimate of drug-likeness (QED) is 0.624. The van der Waals surface area contributed by atoms with Gasteiger partial charge >= 0.3 is 5.97 Å². The molecule has 6 rings (SSSR count). The second-order valence-corrected chi connectivity index (χ2v) is 9.90. The zero-order chi connectivity index (χ0) is 21.5. The summed E-state index contributed by atoms with van der Waals surface area (Å²) in [7, 11) is 0. The van der Waals surface area contributed by atoms with Crippen LogP contribution in [0.15, 0.2) is 35.7 Å². The van der Waals surface area contributed by atoms with Crippen LogP contribution in [0.25, 0.3) is 11.1 Å². The summed E-state index contributed by atoms with van der Waals surface area (Å²) < 4.78 is 0.